The smallest absolute Gasteiger partial charge is 0.228 e. The highest BCUT2D eigenvalue weighted by Gasteiger charge is 2.20. The summed E-state index contributed by atoms with van der Waals surface area (Å²) in [6.45, 7) is 4.89. The van der Waals surface area contributed by atoms with E-state index < -0.39 is 0 Å². The van der Waals surface area contributed by atoms with E-state index in [0.29, 0.717) is 18.5 Å². The second-order valence-corrected chi connectivity index (χ2v) is 6.34. The summed E-state index contributed by atoms with van der Waals surface area (Å²) in [7, 11) is 0. The first-order valence-electron chi connectivity index (χ1n) is 8.98. The standard InChI is InChI=1S/C20H24N4O2/c1-2-20(26)24-12-10-23(11-13-24)18-9-8-17(15-21-18)22-19(25)14-16-6-4-3-5-7-16/h3-9,15H,2,10-14H2,1H3,(H,22,25). The largest absolute Gasteiger partial charge is 0.353 e. The normalized spacial score (nSPS) is 14.2. The summed E-state index contributed by atoms with van der Waals surface area (Å²) in [6.07, 6.45) is 2.58. The van der Waals surface area contributed by atoms with Crippen LogP contribution < -0.4 is 10.2 Å². The van der Waals surface area contributed by atoms with Crippen LogP contribution in [-0.4, -0.2) is 47.9 Å². The van der Waals surface area contributed by atoms with E-state index in [1.165, 1.54) is 0 Å². The molecule has 1 saturated heterocycles. The lowest BCUT2D eigenvalue weighted by molar-refractivity contribution is -0.131. The number of aromatic nitrogens is 1. The van der Waals surface area contributed by atoms with Crippen molar-refractivity contribution in [1.29, 1.82) is 0 Å². The van der Waals surface area contributed by atoms with Crippen LogP contribution in [-0.2, 0) is 16.0 Å². The van der Waals surface area contributed by atoms with Gasteiger partial charge < -0.3 is 15.1 Å². The number of pyridine rings is 1. The SMILES string of the molecule is CCC(=O)N1CCN(c2ccc(NC(=O)Cc3ccccc3)cn2)CC1. The molecule has 1 fully saturated rings. The topological polar surface area (TPSA) is 65.5 Å². The number of piperazine rings is 1. The minimum Gasteiger partial charge on any atom is -0.353 e. The summed E-state index contributed by atoms with van der Waals surface area (Å²) >= 11 is 0. The Balaban J connectivity index is 1.52. The predicted octanol–water partition coefficient (Wildman–Crippen LogP) is 2.32. The van der Waals surface area contributed by atoms with Crippen LogP contribution in [0.5, 0.6) is 0 Å². The lowest BCUT2D eigenvalue weighted by Crippen LogP contribution is -2.48. The van der Waals surface area contributed by atoms with E-state index in [0.717, 1.165) is 37.6 Å². The van der Waals surface area contributed by atoms with Gasteiger partial charge in [0, 0.05) is 32.6 Å². The van der Waals surface area contributed by atoms with Crippen LogP contribution >= 0.6 is 0 Å². The lowest BCUT2D eigenvalue weighted by atomic mass is 10.1. The van der Waals surface area contributed by atoms with Crippen molar-refractivity contribution < 1.29 is 9.59 Å². The number of anilines is 2. The second kappa shape index (κ2) is 8.47. The maximum atomic E-state index is 12.1. The van der Waals surface area contributed by atoms with E-state index in [-0.39, 0.29) is 11.8 Å². The number of carbonyl (C=O) groups is 2. The minimum atomic E-state index is -0.0579. The van der Waals surface area contributed by atoms with Crippen molar-refractivity contribution in [2.24, 2.45) is 0 Å². The Morgan fingerprint density at radius 3 is 2.38 bits per heavy atom. The molecule has 1 aliphatic rings. The van der Waals surface area contributed by atoms with Crippen molar-refractivity contribution in [2.45, 2.75) is 19.8 Å². The van der Waals surface area contributed by atoms with Gasteiger partial charge in [-0.25, -0.2) is 4.98 Å². The van der Waals surface area contributed by atoms with Gasteiger partial charge >= 0.3 is 0 Å². The van der Waals surface area contributed by atoms with Crippen LogP contribution in [0, 0.1) is 0 Å². The third-order valence-corrected chi connectivity index (χ3v) is 4.50. The molecule has 0 radical (unpaired) electrons. The quantitative estimate of drug-likeness (QED) is 0.897. The van der Waals surface area contributed by atoms with Gasteiger partial charge in [-0.2, -0.15) is 0 Å². The molecule has 1 aliphatic heterocycles. The lowest BCUT2D eigenvalue weighted by Gasteiger charge is -2.35. The third kappa shape index (κ3) is 4.59. The molecule has 1 aromatic carbocycles. The fourth-order valence-corrected chi connectivity index (χ4v) is 3.04. The number of nitrogens with zero attached hydrogens (tertiary/aromatic N) is 3. The summed E-state index contributed by atoms with van der Waals surface area (Å²) < 4.78 is 0. The second-order valence-electron chi connectivity index (χ2n) is 6.34. The summed E-state index contributed by atoms with van der Waals surface area (Å²) in [6, 6.07) is 13.4. The molecular formula is C20H24N4O2. The van der Waals surface area contributed by atoms with Crippen LogP contribution in [0.25, 0.3) is 0 Å². The van der Waals surface area contributed by atoms with Gasteiger partial charge in [-0.15, -0.1) is 0 Å². The highest BCUT2D eigenvalue weighted by atomic mass is 16.2. The zero-order valence-corrected chi connectivity index (χ0v) is 15.0. The molecule has 2 aromatic rings. The van der Waals surface area contributed by atoms with Crippen LogP contribution in [0.4, 0.5) is 11.5 Å². The van der Waals surface area contributed by atoms with E-state index in [9.17, 15) is 9.59 Å². The summed E-state index contributed by atoms with van der Waals surface area (Å²) in [5, 5.41) is 2.88. The maximum absolute atomic E-state index is 12.1. The third-order valence-electron chi connectivity index (χ3n) is 4.50. The molecule has 136 valence electrons. The summed E-state index contributed by atoms with van der Waals surface area (Å²) in [5.74, 6) is 1.01. The maximum Gasteiger partial charge on any atom is 0.228 e. The van der Waals surface area contributed by atoms with Crippen molar-refractivity contribution in [2.75, 3.05) is 36.4 Å². The van der Waals surface area contributed by atoms with Gasteiger partial charge in [0.2, 0.25) is 11.8 Å². The van der Waals surface area contributed by atoms with E-state index in [1.807, 2.05) is 54.3 Å². The molecule has 1 aromatic heterocycles. The number of benzene rings is 1. The van der Waals surface area contributed by atoms with Crippen molar-refractivity contribution in [1.82, 2.24) is 9.88 Å². The molecule has 0 aliphatic carbocycles. The Morgan fingerprint density at radius 1 is 1.04 bits per heavy atom. The van der Waals surface area contributed by atoms with Gasteiger partial charge in [0.25, 0.3) is 0 Å². The minimum absolute atomic E-state index is 0.0579. The number of carbonyl (C=O) groups excluding carboxylic acids is 2. The van der Waals surface area contributed by atoms with Crippen LogP contribution in [0.15, 0.2) is 48.7 Å². The zero-order chi connectivity index (χ0) is 18.4. The van der Waals surface area contributed by atoms with Crippen molar-refractivity contribution >= 4 is 23.3 Å². The van der Waals surface area contributed by atoms with E-state index in [4.69, 9.17) is 0 Å². The molecule has 3 rings (SSSR count). The van der Waals surface area contributed by atoms with Crippen molar-refractivity contribution in [3.8, 4) is 0 Å². The van der Waals surface area contributed by atoms with E-state index in [2.05, 4.69) is 15.2 Å². The summed E-state index contributed by atoms with van der Waals surface area (Å²) in [4.78, 5) is 32.4. The molecule has 0 spiro atoms. The predicted molar refractivity (Wildman–Crippen MR) is 102 cm³/mol. The van der Waals surface area contributed by atoms with Crippen LogP contribution in [0.1, 0.15) is 18.9 Å². The fourth-order valence-electron chi connectivity index (χ4n) is 3.04. The first-order chi connectivity index (χ1) is 12.7. The molecule has 26 heavy (non-hydrogen) atoms. The molecule has 0 unspecified atom stereocenters. The van der Waals surface area contributed by atoms with Crippen molar-refractivity contribution in [3.63, 3.8) is 0 Å². The highest BCUT2D eigenvalue weighted by molar-refractivity contribution is 5.92. The summed E-state index contributed by atoms with van der Waals surface area (Å²) in [5.41, 5.74) is 1.67. The Kier molecular flexibility index (Phi) is 5.84. The average Bonchev–Trinajstić information content (AvgIpc) is 2.69. The molecule has 6 heteroatoms. The fraction of sp³-hybridized carbons (Fsp3) is 0.350. The number of amides is 2. The van der Waals surface area contributed by atoms with Crippen molar-refractivity contribution in [3.05, 3.63) is 54.2 Å². The molecule has 0 atom stereocenters. The van der Waals surface area contributed by atoms with Gasteiger partial charge in [-0.1, -0.05) is 37.3 Å². The molecule has 2 heterocycles. The molecule has 0 saturated carbocycles. The van der Waals surface area contributed by atoms with Gasteiger partial charge in [-0.05, 0) is 17.7 Å². The highest BCUT2D eigenvalue weighted by Crippen LogP contribution is 2.17. The number of hydrogen-bond donors (Lipinski definition) is 1. The zero-order valence-electron chi connectivity index (χ0n) is 15.0. The molecule has 6 nitrogen and oxygen atoms in total. The first-order valence-corrected chi connectivity index (χ1v) is 8.98. The van der Waals surface area contributed by atoms with Gasteiger partial charge in [0.05, 0.1) is 18.3 Å². The van der Waals surface area contributed by atoms with Gasteiger partial charge in [0.15, 0.2) is 0 Å². The van der Waals surface area contributed by atoms with Gasteiger partial charge in [-0.3, -0.25) is 9.59 Å². The van der Waals surface area contributed by atoms with Crippen LogP contribution in [0.2, 0.25) is 0 Å². The Morgan fingerprint density at radius 2 is 1.77 bits per heavy atom. The molecule has 1 N–H and O–H groups in total. The average molecular weight is 352 g/mol. The Bertz CT molecular complexity index is 738. The number of nitrogens with one attached hydrogen (secondary N) is 1. The van der Waals surface area contributed by atoms with E-state index >= 15 is 0 Å². The Labute approximate surface area is 153 Å². The molecular weight excluding hydrogens is 328 g/mol. The number of rotatable bonds is 5. The van der Waals surface area contributed by atoms with Gasteiger partial charge in [0.1, 0.15) is 5.82 Å². The molecule has 2 amide bonds. The first kappa shape index (κ1) is 17.9. The monoisotopic (exact) mass is 352 g/mol. The van der Waals surface area contributed by atoms with E-state index in [1.54, 1.807) is 6.20 Å². The Hall–Kier alpha value is -2.89. The molecule has 0 bridgehead atoms. The number of hydrogen-bond acceptors (Lipinski definition) is 4. The van der Waals surface area contributed by atoms with Crippen LogP contribution in [0.3, 0.4) is 0 Å².